The van der Waals surface area contributed by atoms with Crippen molar-refractivity contribution < 1.29 is 9.47 Å². The highest BCUT2D eigenvalue weighted by Crippen LogP contribution is 2.17. The molecule has 0 atom stereocenters. The number of rotatable bonds is 8. The molecule has 0 spiro atoms. The molecule has 0 saturated heterocycles. The van der Waals surface area contributed by atoms with Gasteiger partial charge in [-0.3, -0.25) is 0 Å². The van der Waals surface area contributed by atoms with Crippen LogP contribution in [0.4, 0.5) is 11.5 Å². The van der Waals surface area contributed by atoms with E-state index >= 15 is 0 Å². The maximum atomic E-state index is 5.74. The van der Waals surface area contributed by atoms with Gasteiger partial charge in [0, 0.05) is 31.3 Å². The van der Waals surface area contributed by atoms with Crippen LogP contribution in [0, 0.1) is 0 Å². The Kier molecular flexibility index (Phi) is 5.58. The van der Waals surface area contributed by atoms with E-state index in [-0.39, 0.29) is 0 Å². The third kappa shape index (κ3) is 4.36. The summed E-state index contributed by atoms with van der Waals surface area (Å²) in [6.45, 7) is 2.84. The molecule has 108 valence electrons. The SMILES string of the molecule is COCCOCCCNc1ccc2cc(N)ccc2n1. The Morgan fingerprint density at radius 2 is 2.05 bits per heavy atom. The normalized spacial score (nSPS) is 10.8. The monoisotopic (exact) mass is 275 g/mol. The van der Waals surface area contributed by atoms with Crippen molar-refractivity contribution in [2.75, 3.05) is 44.5 Å². The summed E-state index contributed by atoms with van der Waals surface area (Å²) >= 11 is 0. The van der Waals surface area contributed by atoms with Gasteiger partial charge in [-0.1, -0.05) is 0 Å². The number of aromatic nitrogens is 1. The Bertz CT molecular complexity index is 546. The van der Waals surface area contributed by atoms with Gasteiger partial charge in [0.15, 0.2) is 0 Å². The summed E-state index contributed by atoms with van der Waals surface area (Å²) in [6.07, 6.45) is 0.936. The number of ether oxygens (including phenoxy) is 2. The van der Waals surface area contributed by atoms with Gasteiger partial charge in [0.25, 0.3) is 0 Å². The fourth-order valence-corrected chi connectivity index (χ4v) is 1.88. The molecule has 1 aromatic carbocycles. The van der Waals surface area contributed by atoms with Crippen molar-refractivity contribution in [1.82, 2.24) is 4.98 Å². The third-order valence-electron chi connectivity index (χ3n) is 2.92. The number of nitrogens with one attached hydrogen (secondary N) is 1. The topological polar surface area (TPSA) is 69.4 Å². The van der Waals surface area contributed by atoms with Crippen LogP contribution in [0.15, 0.2) is 30.3 Å². The van der Waals surface area contributed by atoms with Gasteiger partial charge >= 0.3 is 0 Å². The summed E-state index contributed by atoms with van der Waals surface area (Å²) < 4.78 is 10.3. The molecular formula is C15H21N3O2. The summed E-state index contributed by atoms with van der Waals surface area (Å²) in [6, 6.07) is 9.71. The number of hydrogen-bond donors (Lipinski definition) is 2. The molecule has 0 aliphatic heterocycles. The number of fused-ring (bicyclic) bond motifs is 1. The molecule has 5 nitrogen and oxygen atoms in total. The lowest BCUT2D eigenvalue weighted by Crippen LogP contribution is -2.09. The minimum absolute atomic E-state index is 0.642. The van der Waals surface area contributed by atoms with Gasteiger partial charge in [-0.05, 0) is 36.8 Å². The number of hydrogen-bond acceptors (Lipinski definition) is 5. The first-order valence-corrected chi connectivity index (χ1v) is 6.76. The first-order valence-electron chi connectivity index (χ1n) is 6.76. The number of anilines is 2. The van der Waals surface area contributed by atoms with E-state index in [1.807, 2.05) is 30.3 Å². The highest BCUT2D eigenvalue weighted by molar-refractivity contribution is 5.83. The van der Waals surface area contributed by atoms with Gasteiger partial charge in [-0.25, -0.2) is 4.98 Å². The molecule has 0 aliphatic carbocycles. The maximum absolute atomic E-state index is 5.74. The highest BCUT2D eigenvalue weighted by Gasteiger charge is 1.98. The molecule has 0 bridgehead atoms. The number of methoxy groups -OCH3 is 1. The number of benzene rings is 1. The minimum atomic E-state index is 0.642. The van der Waals surface area contributed by atoms with E-state index in [2.05, 4.69) is 10.3 Å². The fourth-order valence-electron chi connectivity index (χ4n) is 1.88. The highest BCUT2D eigenvalue weighted by atomic mass is 16.5. The minimum Gasteiger partial charge on any atom is -0.399 e. The van der Waals surface area contributed by atoms with Crippen LogP contribution in [-0.4, -0.2) is 38.5 Å². The second-order valence-electron chi connectivity index (χ2n) is 4.53. The van der Waals surface area contributed by atoms with Crippen LogP contribution in [0.2, 0.25) is 0 Å². The predicted octanol–water partition coefficient (Wildman–Crippen LogP) is 2.28. The molecule has 2 rings (SSSR count). The zero-order valence-corrected chi connectivity index (χ0v) is 11.8. The third-order valence-corrected chi connectivity index (χ3v) is 2.92. The lowest BCUT2D eigenvalue weighted by Gasteiger charge is -2.07. The van der Waals surface area contributed by atoms with Gasteiger partial charge < -0.3 is 20.5 Å². The van der Waals surface area contributed by atoms with Crippen molar-refractivity contribution in [1.29, 1.82) is 0 Å². The van der Waals surface area contributed by atoms with Gasteiger partial charge in [0.2, 0.25) is 0 Å². The summed E-state index contributed by atoms with van der Waals surface area (Å²) in [4.78, 5) is 4.54. The molecule has 0 radical (unpaired) electrons. The lowest BCUT2D eigenvalue weighted by molar-refractivity contribution is 0.0705. The van der Waals surface area contributed by atoms with E-state index in [1.54, 1.807) is 7.11 Å². The van der Waals surface area contributed by atoms with Crippen LogP contribution in [0.1, 0.15) is 6.42 Å². The zero-order valence-electron chi connectivity index (χ0n) is 11.8. The van der Waals surface area contributed by atoms with Crippen molar-refractivity contribution in [3.8, 4) is 0 Å². The van der Waals surface area contributed by atoms with Crippen molar-refractivity contribution in [3.63, 3.8) is 0 Å². The largest absolute Gasteiger partial charge is 0.399 e. The Morgan fingerprint density at radius 3 is 2.90 bits per heavy atom. The van der Waals surface area contributed by atoms with Gasteiger partial charge in [-0.2, -0.15) is 0 Å². The Morgan fingerprint density at radius 1 is 1.15 bits per heavy atom. The Balaban J connectivity index is 1.77. The van der Waals surface area contributed by atoms with Gasteiger partial charge in [0.05, 0.1) is 18.7 Å². The van der Waals surface area contributed by atoms with Crippen molar-refractivity contribution >= 4 is 22.4 Å². The van der Waals surface area contributed by atoms with Crippen molar-refractivity contribution in [2.45, 2.75) is 6.42 Å². The standard InChI is InChI=1S/C15H21N3O2/c1-19-9-10-20-8-2-7-17-15-6-3-12-11-13(16)4-5-14(12)18-15/h3-6,11H,2,7-10,16H2,1H3,(H,17,18). The van der Waals surface area contributed by atoms with E-state index in [4.69, 9.17) is 15.2 Å². The second-order valence-corrected chi connectivity index (χ2v) is 4.53. The Hall–Kier alpha value is -1.85. The van der Waals surface area contributed by atoms with E-state index in [0.29, 0.717) is 13.2 Å². The lowest BCUT2D eigenvalue weighted by atomic mass is 10.2. The second kappa shape index (κ2) is 7.67. The number of nitrogens with two attached hydrogens (primary N) is 1. The average molecular weight is 275 g/mol. The smallest absolute Gasteiger partial charge is 0.126 e. The summed E-state index contributed by atoms with van der Waals surface area (Å²) in [5.74, 6) is 0.874. The molecule has 2 aromatic rings. The van der Waals surface area contributed by atoms with E-state index in [0.717, 1.165) is 42.0 Å². The molecule has 1 heterocycles. The van der Waals surface area contributed by atoms with Crippen LogP contribution < -0.4 is 11.1 Å². The summed E-state index contributed by atoms with van der Waals surface area (Å²) in [5.41, 5.74) is 7.45. The molecule has 20 heavy (non-hydrogen) atoms. The van der Waals surface area contributed by atoms with E-state index in [9.17, 15) is 0 Å². The predicted molar refractivity (Wildman–Crippen MR) is 82.0 cm³/mol. The molecule has 0 unspecified atom stereocenters. The van der Waals surface area contributed by atoms with Gasteiger partial charge in [0.1, 0.15) is 5.82 Å². The zero-order chi connectivity index (χ0) is 14.2. The van der Waals surface area contributed by atoms with Gasteiger partial charge in [-0.15, -0.1) is 0 Å². The number of pyridine rings is 1. The van der Waals surface area contributed by atoms with Crippen LogP contribution in [0.3, 0.4) is 0 Å². The maximum Gasteiger partial charge on any atom is 0.126 e. The molecule has 0 fully saturated rings. The van der Waals surface area contributed by atoms with E-state index < -0.39 is 0 Å². The molecule has 0 aliphatic rings. The fraction of sp³-hybridized carbons (Fsp3) is 0.400. The summed E-state index contributed by atoms with van der Waals surface area (Å²) in [5, 5.41) is 4.34. The quantitative estimate of drug-likeness (QED) is 0.571. The average Bonchev–Trinajstić information content (AvgIpc) is 2.46. The molecule has 5 heteroatoms. The summed E-state index contributed by atoms with van der Waals surface area (Å²) in [7, 11) is 1.67. The van der Waals surface area contributed by atoms with Crippen molar-refractivity contribution in [3.05, 3.63) is 30.3 Å². The number of nitrogen functional groups attached to an aromatic ring is 1. The van der Waals surface area contributed by atoms with Crippen LogP contribution >= 0.6 is 0 Å². The van der Waals surface area contributed by atoms with Crippen molar-refractivity contribution in [2.24, 2.45) is 0 Å². The molecule has 0 amide bonds. The number of nitrogens with zero attached hydrogens (tertiary/aromatic N) is 1. The van der Waals surface area contributed by atoms with Crippen LogP contribution in [-0.2, 0) is 9.47 Å². The molecule has 0 saturated carbocycles. The first-order chi connectivity index (χ1) is 9.79. The molecule has 3 N–H and O–H groups in total. The van der Waals surface area contributed by atoms with Crippen LogP contribution in [0.25, 0.3) is 10.9 Å². The van der Waals surface area contributed by atoms with Crippen LogP contribution in [0.5, 0.6) is 0 Å². The first kappa shape index (κ1) is 14.6. The molecular weight excluding hydrogens is 254 g/mol. The Labute approximate surface area is 119 Å². The molecule has 1 aromatic heterocycles. The van der Waals surface area contributed by atoms with E-state index in [1.165, 1.54) is 0 Å².